The summed E-state index contributed by atoms with van der Waals surface area (Å²) in [5.41, 5.74) is 0.566. The molecular formula is C16H16F2O2. The van der Waals surface area contributed by atoms with Crippen LogP contribution in [0.5, 0.6) is 5.75 Å². The van der Waals surface area contributed by atoms with Crippen LogP contribution in [0.15, 0.2) is 48.5 Å². The highest BCUT2D eigenvalue weighted by atomic mass is 19.2. The van der Waals surface area contributed by atoms with Gasteiger partial charge in [0, 0.05) is 6.42 Å². The summed E-state index contributed by atoms with van der Waals surface area (Å²) in [4.78, 5) is 0. The molecule has 0 heterocycles. The molecule has 0 amide bonds. The first kappa shape index (κ1) is 14.5. The molecule has 1 N–H and O–H groups in total. The Morgan fingerprint density at radius 2 is 1.75 bits per heavy atom. The minimum Gasteiger partial charge on any atom is -0.493 e. The number of benzene rings is 2. The Labute approximate surface area is 116 Å². The van der Waals surface area contributed by atoms with Gasteiger partial charge in [0.15, 0.2) is 11.6 Å². The molecule has 20 heavy (non-hydrogen) atoms. The predicted molar refractivity (Wildman–Crippen MR) is 72.6 cm³/mol. The fourth-order valence-corrected chi connectivity index (χ4v) is 1.87. The SMILES string of the molecule is OC(CCOc1ccccc1)Cc1ccc(F)c(F)c1. The van der Waals surface area contributed by atoms with Crippen LogP contribution in [0.1, 0.15) is 12.0 Å². The standard InChI is InChI=1S/C16H16F2O2/c17-15-7-6-12(11-16(15)18)10-13(19)8-9-20-14-4-2-1-3-5-14/h1-7,11,13,19H,8-10H2. The summed E-state index contributed by atoms with van der Waals surface area (Å²) in [5, 5.41) is 9.84. The first-order chi connectivity index (χ1) is 9.65. The van der Waals surface area contributed by atoms with Gasteiger partial charge in [0.1, 0.15) is 5.75 Å². The summed E-state index contributed by atoms with van der Waals surface area (Å²) in [6.07, 6.45) is 0.0482. The van der Waals surface area contributed by atoms with Crippen LogP contribution in [-0.2, 0) is 6.42 Å². The van der Waals surface area contributed by atoms with E-state index in [0.29, 0.717) is 18.6 Å². The predicted octanol–water partition coefficient (Wildman–Crippen LogP) is 3.34. The monoisotopic (exact) mass is 278 g/mol. The van der Waals surface area contributed by atoms with Crippen LogP contribution in [-0.4, -0.2) is 17.8 Å². The molecule has 0 saturated heterocycles. The fourth-order valence-electron chi connectivity index (χ4n) is 1.87. The zero-order chi connectivity index (χ0) is 14.4. The van der Waals surface area contributed by atoms with E-state index in [2.05, 4.69) is 0 Å². The lowest BCUT2D eigenvalue weighted by molar-refractivity contribution is 0.139. The van der Waals surface area contributed by atoms with Crippen molar-refractivity contribution in [2.45, 2.75) is 18.9 Å². The largest absolute Gasteiger partial charge is 0.493 e. The molecule has 0 aliphatic rings. The zero-order valence-corrected chi connectivity index (χ0v) is 10.9. The molecule has 0 bridgehead atoms. The number of rotatable bonds is 6. The van der Waals surface area contributed by atoms with E-state index in [9.17, 15) is 13.9 Å². The van der Waals surface area contributed by atoms with E-state index in [1.54, 1.807) is 0 Å². The van der Waals surface area contributed by atoms with Crippen molar-refractivity contribution < 1.29 is 18.6 Å². The van der Waals surface area contributed by atoms with Crippen LogP contribution < -0.4 is 4.74 Å². The van der Waals surface area contributed by atoms with Gasteiger partial charge in [0.2, 0.25) is 0 Å². The quantitative estimate of drug-likeness (QED) is 0.878. The van der Waals surface area contributed by atoms with Crippen LogP contribution >= 0.6 is 0 Å². The Kier molecular flexibility index (Phi) is 5.07. The second kappa shape index (κ2) is 7.01. The highest BCUT2D eigenvalue weighted by Gasteiger charge is 2.09. The van der Waals surface area contributed by atoms with Crippen LogP contribution in [0.4, 0.5) is 8.78 Å². The van der Waals surface area contributed by atoms with Crippen molar-refractivity contribution in [1.82, 2.24) is 0 Å². The van der Waals surface area contributed by atoms with Gasteiger partial charge < -0.3 is 9.84 Å². The van der Waals surface area contributed by atoms with Gasteiger partial charge in [-0.1, -0.05) is 24.3 Å². The summed E-state index contributed by atoms with van der Waals surface area (Å²) in [6, 6.07) is 12.9. The average molecular weight is 278 g/mol. The Morgan fingerprint density at radius 1 is 1.00 bits per heavy atom. The van der Waals surface area contributed by atoms with Crippen molar-refractivity contribution in [2.75, 3.05) is 6.61 Å². The van der Waals surface area contributed by atoms with E-state index < -0.39 is 17.7 Å². The van der Waals surface area contributed by atoms with Crippen molar-refractivity contribution in [3.8, 4) is 5.75 Å². The highest BCUT2D eigenvalue weighted by Crippen LogP contribution is 2.13. The topological polar surface area (TPSA) is 29.5 Å². The molecule has 106 valence electrons. The average Bonchev–Trinajstić information content (AvgIpc) is 2.44. The van der Waals surface area contributed by atoms with Gasteiger partial charge >= 0.3 is 0 Å². The van der Waals surface area contributed by atoms with Crippen molar-refractivity contribution >= 4 is 0 Å². The molecule has 0 spiro atoms. The minimum absolute atomic E-state index is 0.273. The second-order valence-corrected chi connectivity index (χ2v) is 4.56. The Bertz CT molecular complexity index is 543. The summed E-state index contributed by atoms with van der Waals surface area (Å²) in [7, 11) is 0. The first-order valence-corrected chi connectivity index (χ1v) is 6.45. The third-order valence-electron chi connectivity index (χ3n) is 2.92. The van der Waals surface area contributed by atoms with Crippen molar-refractivity contribution in [1.29, 1.82) is 0 Å². The number of ether oxygens (including phenoxy) is 1. The van der Waals surface area contributed by atoms with Crippen LogP contribution in [0.25, 0.3) is 0 Å². The van der Waals surface area contributed by atoms with Gasteiger partial charge in [-0.2, -0.15) is 0 Å². The lowest BCUT2D eigenvalue weighted by Crippen LogP contribution is -2.15. The molecule has 0 fully saturated rings. The summed E-state index contributed by atoms with van der Waals surface area (Å²) >= 11 is 0. The van der Waals surface area contributed by atoms with E-state index in [1.807, 2.05) is 30.3 Å². The fraction of sp³-hybridized carbons (Fsp3) is 0.250. The zero-order valence-electron chi connectivity index (χ0n) is 10.9. The molecule has 0 aliphatic carbocycles. The first-order valence-electron chi connectivity index (χ1n) is 6.45. The molecule has 0 radical (unpaired) electrons. The lowest BCUT2D eigenvalue weighted by Gasteiger charge is -2.12. The van der Waals surface area contributed by atoms with E-state index in [-0.39, 0.29) is 6.42 Å². The molecule has 0 saturated carbocycles. The third kappa shape index (κ3) is 4.31. The molecule has 4 heteroatoms. The van der Waals surface area contributed by atoms with Crippen LogP contribution in [0, 0.1) is 11.6 Å². The number of halogens is 2. The number of hydrogen-bond donors (Lipinski definition) is 1. The molecule has 0 aliphatic heterocycles. The Balaban J connectivity index is 1.77. The molecular weight excluding hydrogens is 262 g/mol. The second-order valence-electron chi connectivity index (χ2n) is 4.56. The van der Waals surface area contributed by atoms with Gasteiger partial charge in [-0.05, 0) is 36.2 Å². The molecule has 0 aromatic heterocycles. The highest BCUT2D eigenvalue weighted by molar-refractivity contribution is 5.21. The van der Waals surface area contributed by atoms with Gasteiger partial charge in [0.25, 0.3) is 0 Å². The summed E-state index contributed by atoms with van der Waals surface area (Å²) in [6.45, 7) is 0.370. The summed E-state index contributed by atoms with van der Waals surface area (Å²) < 4.78 is 31.3. The maximum atomic E-state index is 13.0. The minimum atomic E-state index is -0.893. The van der Waals surface area contributed by atoms with E-state index in [4.69, 9.17) is 4.74 Å². The molecule has 2 nitrogen and oxygen atoms in total. The van der Waals surface area contributed by atoms with Crippen molar-refractivity contribution in [3.05, 3.63) is 65.7 Å². The molecule has 2 aromatic rings. The van der Waals surface area contributed by atoms with Crippen LogP contribution in [0.3, 0.4) is 0 Å². The number of hydrogen-bond acceptors (Lipinski definition) is 2. The van der Waals surface area contributed by atoms with Crippen molar-refractivity contribution in [2.24, 2.45) is 0 Å². The maximum absolute atomic E-state index is 13.0. The third-order valence-corrected chi connectivity index (χ3v) is 2.92. The molecule has 2 rings (SSSR count). The van der Waals surface area contributed by atoms with Gasteiger partial charge in [-0.3, -0.25) is 0 Å². The van der Waals surface area contributed by atoms with E-state index in [0.717, 1.165) is 17.9 Å². The molecule has 1 atom stereocenters. The van der Waals surface area contributed by atoms with Crippen molar-refractivity contribution in [3.63, 3.8) is 0 Å². The normalized spacial score (nSPS) is 12.2. The van der Waals surface area contributed by atoms with Crippen LogP contribution in [0.2, 0.25) is 0 Å². The number of aliphatic hydroxyl groups is 1. The number of aliphatic hydroxyl groups excluding tert-OH is 1. The van der Waals surface area contributed by atoms with Gasteiger partial charge in [-0.25, -0.2) is 8.78 Å². The van der Waals surface area contributed by atoms with Gasteiger partial charge in [-0.15, -0.1) is 0 Å². The molecule has 1 unspecified atom stereocenters. The molecule has 2 aromatic carbocycles. The van der Waals surface area contributed by atoms with E-state index in [1.165, 1.54) is 6.07 Å². The lowest BCUT2D eigenvalue weighted by atomic mass is 10.1. The summed E-state index contributed by atoms with van der Waals surface area (Å²) in [5.74, 6) is -1.03. The smallest absolute Gasteiger partial charge is 0.159 e. The Hall–Kier alpha value is -1.94. The number of para-hydroxylation sites is 1. The Morgan fingerprint density at radius 3 is 2.45 bits per heavy atom. The van der Waals surface area contributed by atoms with E-state index >= 15 is 0 Å². The van der Waals surface area contributed by atoms with Gasteiger partial charge in [0.05, 0.1) is 12.7 Å². The maximum Gasteiger partial charge on any atom is 0.159 e.